The van der Waals surface area contributed by atoms with Crippen molar-refractivity contribution in [3.63, 3.8) is 0 Å². The summed E-state index contributed by atoms with van der Waals surface area (Å²) < 4.78 is 78.6. The van der Waals surface area contributed by atoms with Crippen LogP contribution >= 0.6 is 0 Å². The van der Waals surface area contributed by atoms with Gasteiger partial charge in [-0.1, -0.05) is 24.3 Å². The second-order valence-corrected chi connectivity index (χ2v) is 12.4. The average Bonchev–Trinajstić information content (AvgIpc) is 3.91. The van der Waals surface area contributed by atoms with E-state index in [0.29, 0.717) is 28.3 Å². The Labute approximate surface area is 319 Å². The molecule has 0 unspecified atom stereocenters. The molecule has 14 nitrogen and oxygen atoms in total. The molecule has 7 aromatic rings. The Bertz CT molecular complexity index is 2530. The van der Waals surface area contributed by atoms with Crippen LogP contribution in [0, 0.1) is 0 Å². The first kappa shape index (κ1) is 39.8. The summed E-state index contributed by atoms with van der Waals surface area (Å²) in [5.74, 6) is 0. The molecule has 0 atom stereocenters. The van der Waals surface area contributed by atoms with Crippen LogP contribution in [0.1, 0.15) is 0 Å². The molecule has 7 rings (SSSR count). The number of halogens is 6. The van der Waals surface area contributed by atoms with Crippen molar-refractivity contribution in [1.82, 2.24) is 39.0 Å². The molecule has 4 amide bonds. The minimum atomic E-state index is -4.49. The number of nitrogens with zero attached hydrogens (tertiary/aromatic N) is 6. The first-order valence-electron chi connectivity index (χ1n) is 16.7. The highest BCUT2D eigenvalue weighted by atomic mass is 19.4. The van der Waals surface area contributed by atoms with Gasteiger partial charge in [0.15, 0.2) is 0 Å². The number of aromatic nitrogens is 6. The number of fused-ring (bicyclic) bond motifs is 2. The Morgan fingerprint density at radius 1 is 0.684 bits per heavy atom. The number of nitrogens with one attached hydrogen (secondary N) is 4. The quantitative estimate of drug-likeness (QED) is 0.0877. The van der Waals surface area contributed by atoms with E-state index in [0.717, 1.165) is 28.2 Å². The van der Waals surface area contributed by atoms with Crippen LogP contribution in [0.15, 0.2) is 110 Å². The number of hydrogen-bond acceptors (Lipinski definition) is 7. The summed E-state index contributed by atoms with van der Waals surface area (Å²) in [7, 11) is 0.283. The van der Waals surface area contributed by atoms with Crippen molar-refractivity contribution < 1.29 is 46.0 Å². The third-order valence-electron chi connectivity index (χ3n) is 8.08. The molecule has 0 aliphatic carbocycles. The lowest BCUT2D eigenvalue weighted by molar-refractivity contribution is -0.123. The van der Waals surface area contributed by atoms with E-state index < -0.39 is 44.6 Å². The minimum absolute atomic E-state index is 0.288. The van der Waals surface area contributed by atoms with Gasteiger partial charge in [0.2, 0.25) is 0 Å². The van der Waals surface area contributed by atoms with E-state index in [2.05, 4.69) is 25.6 Å². The molecule has 0 aliphatic rings. The Morgan fingerprint density at radius 2 is 1.19 bits per heavy atom. The number of carbonyl (C=O) groups excluding carboxylic acids is 2. The van der Waals surface area contributed by atoms with E-state index in [1.54, 1.807) is 82.4 Å². The molecule has 5 aromatic heterocycles. The van der Waals surface area contributed by atoms with Crippen molar-refractivity contribution in [2.75, 3.05) is 23.7 Å². The first-order valence-corrected chi connectivity index (χ1v) is 16.7. The lowest BCUT2D eigenvalue weighted by Crippen LogP contribution is -2.36. The van der Waals surface area contributed by atoms with Gasteiger partial charge in [-0.2, -0.15) is 26.3 Å². The fraction of sp³-hybridized carbons (Fsp3) is 0.139. The Kier molecular flexibility index (Phi) is 11.5. The van der Waals surface area contributed by atoms with E-state index in [1.807, 2.05) is 46.6 Å². The second-order valence-electron chi connectivity index (χ2n) is 12.4. The van der Waals surface area contributed by atoms with E-state index >= 15 is 0 Å². The maximum absolute atomic E-state index is 12.2. The molecule has 294 valence electrons. The molecule has 21 heteroatoms. The smallest absolute Gasteiger partial charge is 0.423 e. The average molecular weight is 793 g/mol. The summed E-state index contributed by atoms with van der Waals surface area (Å²) in [5, 5.41) is 26.7. The van der Waals surface area contributed by atoms with Crippen molar-refractivity contribution in [1.29, 1.82) is 0 Å². The van der Waals surface area contributed by atoms with E-state index in [-0.39, 0.29) is 5.46 Å². The SMILES string of the molecule is Cn1cnc(-c2ccn3c(-c4cccc(NC(=O)NCC(F)(F)F)c4)cnc3c2)c1.O=C(NCC(F)(F)F)Nc1cccc(-c2cnc3cc(B(O)O)ccn23)c1. The zero-order chi connectivity index (χ0) is 40.9. The highest BCUT2D eigenvalue weighted by Gasteiger charge is 2.28. The topological polar surface area (TPSA) is 175 Å². The predicted octanol–water partition coefficient (Wildman–Crippen LogP) is 5.45. The van der Waals surface area contributed by atoms with Gasteiger partial charge in [0.25, 0.3) is 0 Å². The summed E-state index contributed by atoms with van der Waals surface area (Å²) in [6.07, 6.45) is 1.42. The Morgan fingerprint density at radius 3 is 1.67 bits per heavy atom. The van der Waals surface area contributed by atoms with Gasteiger partial charge < -0.3 is 35.9 Å². The summed E-state index contributed by atoms with van der Waals surface area (Å²) >= 11 is 0. The standard InChI is InChI=1S/C20H17F3N6O.C16H14BF3N4O3/c1-28-10-16(26-12-28)13-5-6-29-17(9-24-18(29)8-13)14-3-2-4-15(7-14)27-19(30)25-11-20(21,22)23;18-16(19,20)9-22-15(25)23-12-3-1-2-10(6-12)13-8-21-14-7-11(17(26)27)4-5-24(13)14/h2-10,12H,11H2,1H3,(H2,25,27,30);1-8,26-27H,9H2,(H2,22,23,25). The molecular formula is C36H31BF6N10O4. The number of pyridine rings is 2. The molecule has 5 heterocycles. The van der Waals surface area contributed by atoms with Crippen LogP contribution in [-0.2, 0) is 7.05 Å². The number of anilines is 2. The molecule has 0 bridgehead atoms. The summed E-state index contributed by atoms with van der Waals surface area (Å²) in [6.45, 7) is -2.82. The third kappa shape index (κ3) is 10.5. The number of rotatable bonds is 8. The van der Waals surface area contributed by atoms with Crippen molar-refractivity contribution in [3.05, 3.63) is 110 Å². The molecule has 57 heavy (non-hydrogen) atoms. The van der Waals surface area contributed by atoms with Gasteiger partial charge >= 0.3 is 31.5 Å². The molecule has 0 radical (unpaired) electrons. The fourth-order valence-electron chi connectivity index (χ4n) is 5.51. The number of carbonyl (C=O) groups is 2. The van der Waals surface area contributed by atoms with Gasteiger partial charge in [-0.05, 0) is 54.0 Å². The van der Waals surface area contributed by atoms with Crippen molar-refractivity contribution >= 4 is 47.3 Å². The maximum Gasteiger partial charge on any atom is 0.488 e. The van der Waals surface area contributed by atoms with Crippen LogP contribution in [0.2, 0.25) is 0 Å². The number of imidazole rings is 3. The highest BCUT2D eigenvalue weighted by molar-refractivity contribution is 6.58. The number of aryl methyl sites for hydroxylation is 1. The lowest BCUT2D eigenvalue weighted by atomic mass is 9.81. The molecule has 2 aromatic carbocycles. The van der Waals surface area contributed by atoms with Gasteiger partial charge in [0.1, 0.15) is 24.4 Å². The normalized spacial score (nSPS) is 11.5. The van der Waals surface area contributed by atoms with Gasteiger partial charge in [0, 0.05) is 53.7 Å². The van der Waals surface area contributed by atoms with E-state index in [4.69, 9.17) is 0 Å². The summed E-state index contributed by atoms with van der Waals surface area (Å²) in [5.41, 5.74) is 6.77. The third-order valence-corrected chi connectivity index (χ3v) is 8.08. The fourth-order valence-corrected chi connectivity index (χ4v) is 5.51. The van der Waals surface area contributed by atoms with Gasteiger partial charge in [0.05, 0.1) is 35.8 Å². The number of hydrogen-bond donors (Lipinski definition) is 6. The zero-order valence-corrected chi connectivity index (χ0v) is 29.5. The van der Waals surface area contributed by atoms with Crippen LogP contribution in [0.25, 0.3) is 45.1 Å². The minimum Gasteiger partial charge on any atom is -0.423 e. The van der Waals surface area contributed by atoms with Crippen LogP contribution in [0.3, 0.4) is 0 Å². The summed E-state index contributed by atoms with van der Waals surface area (Å²) in [6, 6.07) is 18.3. The molecule has 0 fully saturated rings. The van der Waals surface area contributed by atoms with Gasteiger partial charge in [-0.25, -0.2) is 24.5 Å². The van der Waals surface area contributed by atoms with Crippen LogP contribution in [0.4, 0.5) is 47.3 Å². The van der Waals surface area contributed by atoms with E-state index in [9.17, 15) is 46.0 Å². The highest BCUT2D eigenvalue weighted by Crippen LogP contribution is 2.27. The molecule has 6 N–H and O–H groups in total. The van der Waals surface area contributed by atoms with Crippen LogP contribution < -0.4 is 26.7 Å². The summed E-state index contributed by atoms with van der Waals surface area (Å²) in [4.78, 5) is 36.3. The van der Waals surface area contributed by atoms with Crippen LogP contribution in [0.5, 0.6) is 0 Å². The Balaban J connectivity index is 0.000000194. The number of amides is 4. The van der Waals surface area contributed by atoms with Gasteiger partial charge in [-0.3, -0.25) is 8.80 Å². The maximum atomic E-state index is 12.2. The first-order chi connectivity index (χ1) is 27.0. The van der Waals surface area contributed by atoms with Crippen molar-refractivity contribution in [3.8, 4) is 33.8 Å². The molecular weight excluding hydrogens is 761 g/mol. The van der Waals surface area contributed by atoms with Crippen molar-refractivity contribution in [2.45, 2.75) is 12.4 Å². The zero-order valence-electron chi connectivity index (χ0n) is 29.5. The number of benzene rings is 2. The molecule has 0 saturated carbocycles. The Hall–Kier alpha value is -6.87. The number of alkyl halides is 6. The molecule has 0 spiro atoms. The van der Waals surface area contributed by atoms with E-state index in [1.165, 1.54) is 12.1 Å². The lowest BCUT2D eigenvalue weighted by Gasteiger charge is -2.11. The van der Waals surface area contributed by atoms with Gasteiger partial charge in [-0.15, -0.1) is 0 Å². The molecule has 0 saturated heterocycles. The second kappa shape index (κ2) is 16.5. The largest absolute Gasteiger partial charge is 0.488 e. The predicted molar refractivity (Wildman–Crippen MR) is 199 cm³/mol. The monoisotopic (exact) mass is 792 g/mol. The van der Waals surface area contributed by atoms with Crippen LogP contribution in [-0.4, -0.2) is 83.0 Å². The van der Waals surface area contributed by atoms with Crippen molar-refractivity contribution in [2.24, 2.45) is 7.05 Å². The number of urea groups is 2. The molecule has 0 aliphatic heterocycles.